The van der Waals surface area contributed by atoms with Gasteiger partial charge >= 0.3 is 5.97 Å². The summed E-state index contributed by atoms with van der Waals surface area (Å²) in [5.74, 6) is -1.18. The normalized spacial score (nSPS) is 11.9. The van der Waals surface area contributed by atoms with Crippen molar-refractivity contribution < 1.29 is 14.7 Å². The van der Waals surface area contributed by atoms with E-state index in [1.807, 2.05) is 12.1 Å². The predicted octanol–water partition coefficient (Wildman–Crippen LogP) is 2.68. The Labute approximate surface area is 154 Å². The maximum Gasteiger partial charge on any atom is 0.354 e. The second-order valence-electron chi connectivity index (χ2n) is 5.66. The molecule has 0 saturated carbocycles. The number of carbonyl (C=O) groups is 2. The number of carboxylic acid groups (broad SMARTS) is 1. The van der Waals surface area contributed by atoms with Crippen molar-refractivity contribution in [1.82, 2.24) is 19.6 Å². The summed E-state index contributed by atoms with van der Waals surface area (Å²) in [6.07, 6.45) is 3.08. The lowest BCUT2D eigenvalue weighted by Gasteiger charge is -2.13. The van der Waals surface area contributed by atoms with Gasteiger partial charge in [-0.05, 0) is 30.7 Å². The van der Waals surface area contributed by atoms with Crippen LogP contribution in [0.1, 0.15) is 29.0 Å². The first-order chi connectivity index (χ1) is 12.4. The summed E-state index contributed by atoms with van der Waals surface area (Å²) in [7, 11) is 0. The molecule has 0 fully saturated rings. The molecule has 2 N–H and O–H groups in total. The third kappa shape index (κ3) is 3.92. The Kier molecular flexibility index (Phi) is 5.04. The van der Waals surface area contributed by atoms with Gasteiger partial charge in [0.1, 0.15) is 11.7 Å². The van der Waals surface area contributed by atoms with Crippen LogP contribution >= 0.6 is 11.6 Å². The van der Waals surface area contributed by atoms with Crippen molar-refractivity contribution in [2.45, 2.75) is 19.5 Å². The summed E-state index contributed by atoms with van der Waals surface area (Å²) in [6, 6.07) is 9.61. The van der Waals surface area contributed by atoms with E-state index in [0.717, 1.165) is 10.2 Å². The van der Waals surface area contributed by atoms with E-state index in [1.165, 1.54) is 12.3 Å². The third-order valence-corrected chi connectivity index (χ3v) is 4.04. The molecule has 0 saturated heterocycles. The Morgan fingerprint density at radius 1 is 1.23 bits per heavy atom. The molecule has 2 heterocycles. The molecule has 3 rings (SSSR count). The fraction of sp³-hybridized carbons (Fsp3) is 0.176. The van der Waals surface area contributed by atoms with Crippen LogP contribution in [-0.4, -0.2) is 36.5 Å². The van der Waals surface area contributed by atoms with Gasteiger partial charge in [-0.1, -0.05) is 23.7 Å². The van der Waals surface area contributed by atoms with Gasteiger partial charge in [0, 0.05) is 23.5 Å². The summed E-state index contributed by atoms with van der Waals surface area (Å²) in [4.78, 5) is 23.5. The molecule has 1 amide bonds. The molecular formula is C17H16ClN5O3. The molecule has 1 aromatic carbocycles. The van der Waals surface area contributed by atoms with Crippen LogP contribution in [0.2, 0.25) is 5.02 Å². The van der Waals surface area contributed by atoms with Crippen LogP contribution in [-0.2, 0) is 11.3 Å². The first-order valence-corrected chi connectivity index (χ1v) is 8.17. The van der Waals surface area contributed by atoms with Gasteiger partial charge in [0.25, 0.3) is 0 Å². The number of carbonyl (C=O) groups excluding carboxylic acids is 1. The highest BCUT2D eigenvalue weighted by Gasteiger charge is 2.21. The Hall–Kier alpha value is -3.13. The van der Waals surface area contributed by atoms with Crippen LogP contribution in [0.5, 0.6) is 0 Å². The summed E-state index contributed by atoms with van der Waals surface area (Å²) in [5.41, 5.74) is 0.965. The molecule has 2 aromatic heterocycles. The van der Waals surface area contributed by atoms with Gasteiger partial charge in [0.05, 0.1) is 6.54 Å². The number of aromatic nitrogens is 4. The van der Waals surface area contributed by atoms with Crippen LogP contribution in [0.25, 0.3) is 0 Å². The third-order valence-electron chi connectivity index (χ3n) is 3.79. The largest absolute Gasteiger partial charge is 0.477 e. The van der Waals surface area contributed by atoms with Crippen LogP contribution in [0.3, 0.4) is 0 Å². The molecule has 0 aliphatic heterocycles. The van der Waals surface area contributed by atoms with Crippen LogP contribution < -0.4 is 5.32 Å². The molecule has 9 heteroatoms. The Morgan fingerprint density at radius 3 is 2.65 bits per heavy atom. The molecule has 0 aliphatic rings. The number of rotatable bonds is 6. The molecule has 1 unspecified atom stereocenters. The maximum atomic E-state index is 12.4. The van der Waals surface area contributed by atoms with Gasteiger partial charge in [-0.25, -0.2) is 9.48 Å². The number of hydrogen-bond donors (Lipinski definition) is 2. The van der Waals surface area contributed by atoms with E-state index in [9.17, 15) is 9.59 Å². The van der Waals surface area contributed by atoms with Crippen molar-refractivity contribution in [1.29, 1.82) is 0 Å². The smallest absolute Gasteiger partial charge is 0.354 e. The molecule has 8 nitrogen and oxygen atoms in total. The van der Waals surface area contributed by atoms with Crippen molar-refractivity contribution in [3.8, 4) is 0 Å². The highest BCUT2D eigenvalue weighted by molar-refractivity contribution is 6.30. The van der Waals surface area contributed by atoms with E-state index >= 15 is 0 Å². The first kappa shape index (κ1) is 17.7. The Bertz CT molecular complexity index is 932. The maximum absolute atomic E-state index is 12.4. The zero-order valence-corrected chi connectivity index (χ0v) is 14.6. The summed E-state index contributed by atoms with van der Waals surface area (Å²) < 4.78 is 2.84. The number of nitrogens with zero attached hydrogens (tertiary/aromatic N) is 4. The number of halogens is 1. The van der Waals surface area contributed by atoms with Gasteiger partial charge in [0.15, 0.2) is 5.82 Å². The van der Waals surface area contributed by atoms with Gasteiger partial charge in [-0.3, -0.25) is 9.48 Å². The molecule has 0 bridgehead atoms. The van der Waals surface area contributed by atoms with E-state index in [2.05, 4.69) is 15.5 Å². The first-order valence-electron chi connectivity index (χ1n) is 7.79. The molecule has 0 aliphatic carbocycles. The van der Waals surface area contributed by atoms with Gasteiger partial charge in [-0.2, -0.15) is 10.2 Å². The Balaban J connectivity index is 1.66. The molecule has 0 radical (unpaired) electrons. The van der Waals surface area contributed by atoms with Gasteiger partial charge in [0.2, 0.25) is 5.91 Å². The molecule has 0 spiro atoms. The highest BCUT2D eigenvalue weighted by Crippen LogP contribution is 2.14. The van der Waals surface area contributed by atoms with Gasteiger partial charge in [-0.15, -0.1) is 0 Å². The zero-order chi connectivity index (χ0) is 18.7. The number of hydrogen-bond acceptors (Lipinski definition) is 4. The number of benzene rings is 1. The minimum absolute atomic E-state index is 0.0547. The molecule has 3 aromatic rings. The standard InChI is InChI=1S/C17H16ClN5O3/c1-11(23-14(17(25)26)6-8-19-23)16(24)20-15-7-9-22(21-15)10-12-2-4-13(18)5-3-12/h2-9,11H,10H2,1H3,(H,25,26)(H,20,21,24). The fourth-order valence-electron chi connectivity index (χ4n) is 2.43. The number of nitrogens with one attached hydrogen (secondary N) is 1. The second kappa shape index (κ2) is 7.40. The van der Waals surface area contributed by atoms with E-state index in [1.54, 1.807) is 36.0 Å². The van der Waals surface area contributed by atoms with Crippen molar-refractivity contribution >= 4 is 29.3 Å². The minimum Gasteiger partial charge on any atom is -0.477 e. The lowest BCUT2D eigenvalue weighted by Crippen LogP contribution is -2.27. The topological polar surface area (TPSA) is 102 Å². The van der Waals surface area contributed by atoms with Crippen molar-refractivity contribution in [3.05, 3.63) is 65.1 Å². The average molecular weight is 374 g/mol. The Morgan fingerprint density at radius 2 is 1.96 bits per heavy atom. The number of amides is 1. The van der Waals surface area contributed by atoms with Crippen molar-refractivity contribution in [2.24, 2.45) is 0 Å². The second-order valence-corrected chi connectivity index (χ2v) is 6.09. The molecule has 26 heavy (non-hydrogen) atoms. The monoisotopic (exact) mass is 373 g/mol. The quantitative estimate of drug-likeness (QED) is 0.691. The zero-order valence-electron chi connectivity index (χ0n) is 13.8. The van der Waals surface area contributed by atoms with E-state index < -0.39 is 17.9 Å². The minimum atomic E-state index is -1.14. The summed E-state index contributed by atoms with van der Waals surface area (Å²) >= 11 is 5.86. The lowest BCUT2D eigenvalue weighted by atomic mass is 10.2. The van der Waals surface area contributed by atoms with E-state index in [4.69, 9.17) is 16.7 Å². The summed E-state index contributed by atoms with van der Waals surface area (Å²) in [5, 5.41) is 20.6. The van der Waals surface area contributed by atoms with E-state index in [-0.39, 0.29) is 5.69 Å². The highest BCUT2D eigenvalue weighted by atomic mass is 35.5. The molecule has 1 atom stereocenters. The lowest BCUT2D eigenvalue weighted by molar-refractivity contribution is -0.119. The van der Waals surface area contributed by atoms with E-state index in [0.29, 0.717) is 17.4 Å². The van der Waals surface area contributed by atoms with Crippen molar-refractivity contribution in [3.63, 3.8) is 0 Å². The number of anilines is 1. The average Bonchev–Trinajstić information content (AvgIpc) is 3.25. The predicted molar refractivity (Wildman–Crippen MR) is 95.3 cm³/mol. The number of aromatic carboxylic acids is 1. The van der Waals surface area contributed by atoms with Crippen molar-refractivity contribution in [2.75, 3.05) is 5.32 Å². The SMILES string of the molecule is CC(C(=O)Nc1ccn(Cc2ccc(Cl)cc2)n1)n1nccc1C(=O)O. The summed E-state index contributed by atoms with van der Waals surface area (Å²) in [6.45, 7) is 2.10. The van der Waals surface area contributed by atoms with Crippen LogP contribution in [0.15, 0.2) is 48.8 Å². The van der Waals surface area contributed by atoms with Gasteiger partial charge < -0.3 is 10.4 Å². The van der Waals surface area contributed by atoms with Crippen LogP contribution in [0, 0.1) is 0 Å². The molecular weight excluding hydrogens is 358 g/mol. The number of carboxylic acids is 1. The fourth-order valence-corrected chi connectivity index (χ4v) is 2.55. The van der Waals surface area contributed by atoms with Crippen LogP contribution in [0.4, 0.5) is 5.82 Å². The molecule has 134 valence electrons.